The lowest BCUT2D eigenvalue weighted by atomic mass is 10.1. The number of imidazole rings is 1. The van der Waals surface area contributed by atoms with Gasteiger partial charge in [0.1, 0.15) is 5.82 Å². The van der Waals surface area contributed by atoms with Gasteiger partial charge in [-0.15, -0.1) is 0 Å². The lowest BCUT2D eigenvalue weighted by molar-refractivity contribution is 0.0521. The predicted octanol–water partition coefficient (Wildman–Crippen LogP) is 3.93. The molecule has 4 nitrogen and oxygen atoms in total. The zero-order valence-corrected chi connectivity index (χ0v) is 13.2. The number of esters is 1. The van der Waals surface area contributed by atoms with Crippen LogP contribution in [0.2, 0.25) is 0 Å². The third-order valence-corrected chi connectivity index (χ3v) is 3.64. The van der Waals surface area contributed by atoms with Gasteiger partial charge in [-0.1, -0.05) is 60.7 Å². The minimum absolute atomic E-state index is 0.324. The maximum Gasteiger partial charge on any atom is 0.359 e. The molecule has 116 valence electrons. The lowest BCUT2D eigenvalue weighted by Gasteiger charge is -2.07. The molecule has 0 amide bonds. The molecule has 2 aromatic carbocycles. The van der Waals surface area contributed by atoms with Crippen molar-refractivity contribution < 1.29 is 9.53 Å². The second kappa shape index (κ2) is 6.48. The van der Waals surface area contributed by atoms with Crippen molar-refractivity contribution in [3.05, 3.63) is 66.4 Å². The summed E-state index contributed by atoms with van der Waals surface area (Å²) in [6.07, 6.45) is 0. The van der Waals surface area contributed by atoms with E-state index in [2.05, 4.69) is 4.98 Å². The van der Waals surface area contributed by atoms with Crippen LogP contribution in [0, 0.1) is 0 Å². The molecule has 0 unspecified atom stereocenters. The Balaban J connectivity index is 2.20. The Morgan fingerprint density at radius 2 is 1.57 bits per heavy atom. The van der Waals surface area contributed by atoms with Gasteiger partial charge in [-0.05, 0) is 6.92 Å². The van der Waals surface area contributed by atoms with Crippen LogP contribution in [-0.2, 0) is 11.8 Å². The van der Waals surface area contributed by atoms with Crippen LogP contribution in [0.5, 0.6) is 0 Å². The molecule has 1 heterocycles. The average molecular weight is 306 g/mol. The third kappa shape index (κ3) is 2.88. The van der Waals surface area contributed by atoms with E-state index >= 15 is 0 Å². The van der Waals surface area contributed by atoms with Crippen molar-refractivity contribution in [2.75, 3.05) is 6.61 Å². The molecular weight excluding hydrogens is 288 g/mol. The zero-order valence-electron chi connectivity index (χ0n) is 13.2. The van der Waals surface area contributed by atoms with E-state index in [-0.39, 0.29) is 0 Å². The Bertz CT molecular complexity index is 808. The summed E-state index contributed by atoms with van der Waals surface area (Å²) in [6.45, 7) is 2.12. The largest absolute Gasteiger partial charge is 0.461 e. The summed E-state index contributed by atoms with van der Waals surface area (Å²) >= 11 is 0. The molecule has 3 aromatic rings. The number of ether oxygens (including phenoxy) is 1. The van der Waals surface area contributed by atoms with Gasteiger partial charge in [0.15, 0.2) is 5.69 Å². The van der Waals surface area contributed by atoms with Crippen LogP contribution in [0.3, 0.4) is 0 Å². The predicted molar refractivity (Wildman–Crippen MR) is 90.0 cm³/mol. The molecule has 1 aromatic heterocycles. The van der Waals surface area contributed by atoms with Gasteiger partial charge in [-0.25, -0.2) is 9.78 Å². The Labute approximate surface area is 135 Å². The number of benzene rings is 2. The maximum atomic E-state index is 12.3. The van der Waals surface area contributed by atoms with Crippen LogP contribution in [0.1, 0.15) is 17.4 Å². The molecule has 0 saturated heterocycles. The van der Waals surface area contributed by atoms with E-state index in [4.69, 9.17) is 4.74 Å². The van der Waals surface area contributed by atoms with Gasteiger partial charge >= 0.3 is 5.97 Å². The Morgan fingerprint density at radius 1 is 1.00 bits per heavy atom. The van der Waals surface area contributed by atoms with Crippen LogP contribution in [0.25, 0.3) is 22.6 Å². The van der Waals surface area contributed by atoms with Gasteiger partial charge in [0.2, 0.25) is 0 Å². The summed E-state index contributed by atoms with van der Waals surface area (Å²) in [7, 11) is 1.92. The second-order valence-corrected chi connectivity index (χ2v) is 5.14. The SMILES string of the molecule is CCOC(=O)c1nc(-c2ccccc2)n(C)c1-c1ccccc1. The number of hydrogen-bond donors (Lipinski definition) is 0. The number of rotatable bonds is 4. The fraction of sp³-hybridized carbons (Fsp3) is 0.158. The Hall–Kier alpha value is -2.88. The van der Waals surface area contributed by atoms with Crippen LogP contribution < -0.4 is 0 Å². The number of carbonyl (C=O) groups excluding carboxylic acids is 1. The zero-order chi connectivity index (χ0) is 16.2. The van der Waals surface area contributed by atoms with Gasteiger partial charge in [-0.2, -0.15) is 0 Å². The van der Waals surface area contributed by atoms with Crippen molar-refractivity contribution in [1.29, 1.82) is 0 Å². The topological polar surface area (TPSA) is 44.1 Å². The molecule has 23 heavy (non-hydrogen) atoms. The second-order valence-electron chi connectivity index (χ2n) is 5.14. The molecule has 3 rings (SSSR count). The number of nitrogens with zero attached hydrogens (tertiary/aromatic N) is 2. The van der Waals surface area contributed by atoms with Gasteiger partial charge in [0, 0.05) is 18.2 Å². The first-order valence-corrected chi connectivity index (χ1v) is 7.57. The van der Waals surface area contributed by atoms with Gasteiger partial charge < -0.3 is 9.30 Å². The highest BCUT2D eigenvalue weighted by atomic mass is 16.5. The summed E-state index contributed by atoms with van der Waals surface area (Å²) in [6, 6.07) is 19.6. The molecule has 4 heteroatoms. The Morgan fingerprint density at radius 3 is 2.13 bits per heavy atom. The molecule has 0 atom stereocenters. The molecule has 0 fully saturated rings. The quantitative estimate of drug-likeness (QED) is 0.686. The maximum absolute atomic E-state index is 12.3. The molecule has 0 bridgehead atoms. The fourth-order valence-corrected chi connectivity index (χ4v) is 2.61. The first kappa shape index (κ1) is 15.0. The van der Waals surface area contributed by atoms with Crippen LogP contribution >= 0.6 is 0 Å². The van der Waals surface area contributed by atoms with Crippen LogP contribution in [0.15, 0.2) is 60.7 Å². The number of aromatic nitrogens is 2. The monoisotopic (exact) mass is 306 g/mol. The van der Waals surface area contributed by atoms with E-state index in [0.29, 0.717) is 12.3 Å². The normalized spacial score (nSPS) is 10.5. The van der Waals surface area contributed by atoms with Crippen LogP contribution in [0.4, 0.5) is 0 Å². The van der Waals surface area contributed by atoms with Crippen molar-refractivity contribution in [1.82, 2.24) is 9.55 Å². The van der Waals surface area contributed by atoms with Crippen molar-refractivity contribution in [2.45, 2.75) is 6.92 Å². The van der Waals surface area contributed by atoms with Crippen molar-refractivity contribution in [2.24, 2.45) is 7.05 Å². The first-order chi connectivity index (χ1) is 11.2. The van der Waals surface area contributed by atoms with E-state index in [0.717, 1.165) is 22.6 Å². The molecular formula is C19H18N2O2. The summed E-state index contributed by atoms with van der Waals surface area (Å²) in [5.74, 6) is 0.344. The van der Waals surface area contributed by atoms with Gasteiger partial charge in [-0.3, -0.25) is 0 Å². The summed E-state index contributed by atoms with van der Waals surface area (Å²) < 4.78 is 7.12. The van der Waals surface area contributed by atoms with Crippen molar-refractivity contribution in [3.63, 3.8) is 0 Å². The molecule has 0 aliphatic heterocycles. The first-order valence-electron chi connectivity index (χ1n) is 7.57. The molecule has 0 radical (unpaired) electrons. The standard InChI is InChI=1S/C19H18N2O2/c1-3-23-19(22)16-17(14-10-6-4-7-11-14)21(2)18(20-16)15-12-8-5-9-13-15/h4-13H,3H2,1-2H3. The highest BCUT2D eigenvalue weighted by Crippen LogP contribution is 2.29. The number of carbonyl (C=O) groups is 1. The van der Waals surface area contributed by atoms with E-state index in [1.165, 1.54) is 0 Å². The summed E-state index contributed by atoms with van der Waals surface area (Å²) in [4.78, 5) is 16.9. The van der Waals surface area contributed by atoms with Gasteiger partial charge in [0.05, 0.1) is 12.3 Å². The highest BCUT2D eigenvalue weighted by Gasteiger charge is 2.23. The van der Waals surface area contributed by atoms with Gasteiger partial charge in [0.25, 0.3) is 0 Å². The molecule has 0 saturated carbocycles. The summed E-state index contributed by atoms with van der Waals surface area (Å²) in [5, 5.41) is 0. The fourth-order valence-electron chi connectivity index (χ4n) is 2.61. The molecule has 0 spiro atoms. The smallest absolute Gasteiger partial charge is 0.359 e. The van der Waals surface area contributed by atoms with E-state index in [9.17, 15) is 4.79 Å². The van der Waals surface area contributed by atoms with E-state index in [1.807, 2.05) is 72.3 Å². The molecule has 0 N–H and O–H groups in total. The Kier molecular flexibility index (Phi) is 4.24. The lowest BCUT2D eigenvalue weighted by Crippen LogP contribution is -2.07. The highest BCUT2D eigenvalue weighted by molar-refractivity contribution is 5.95. The number of hydrogen-bond acceptors (Lipinski definition) is 3. The minimum atomic E-state index is -0.399. The van der Waals surface area contributed by atoms with Crippen molar-refractivity contribution >= 4 is 5.97 Å². The van der Waals surface area contributed by atoms with E-state index < -0.39 is 5.97 Å². The summed E-state index contributed by atoms with van der Waals surface area (Å²) in [5.41, 5.74) is 3.01. The van der Waals surface area contributed by atoms with Crippen molar-refractivity contribution in [3.8, 4) is 22.6 Å². The third-order valence-electron chi connectivity index (χ3n) is 3.64. The average Bonchev–Trinajstić information content (AvgIpc) is 2.94. The van der Waals surface area contributed by atoms with E-state index in [1.54, 1.807) is 6.92 Å². The minimum Gasteiger partial charge on any atom is -0.461 e. The molecule has 0 aliphatic rings. The van der Waals surface area contributed by atoms with Crippen LogP contribution in [-0.4, -0.2) is 22.1 Å². The molecule has 0 aliphatic carbocycles.